The number of carbonyl (C=O) groups excluding carboxylic acids is 1. The van der Waals surface area contributed by atoms with E-state index in [-0.39, 0.29) is 11.8 Å². The average molecular weight is 302 g/mol. The summed E-state index contributed by atoms with van der Waals surface area (Å²) in [6.07, 6.45) is 0.678. The Morgan fingerprint density at radius 2 is 1.84 bits per heavy atom. The first-order chi connectivity index (χ1) is 8.90. The van der Waals surface area contributed by atoms with E-state index in [1.807, 2.05) is 6.92 Å². The second-order valence-electron chi connectivity index (χ2n) is 4.71. The van der Waals surface area contributed by atoms with Crippen LogP contribution < -0.4 is 0 Å². The van der Waals surface area contributed by atoms with Gasteiger partial charge in [-0.1, -0.05) is 30.1 Å². The Labute approximate surface area is 120 Å². The smallest absolute Gasteiger partial charge is 0.326 e. The molecule has 1 amide bonds. The van der Waals surface area contributed by atoms with Gasteiger partial charge in [-0.15, -0.1) is 0 Å². The van der Waals surface area contributed by atoms with Gasteiger partial charge in [0, 0.05) is 22.2 Å². The summed E-state index contributed by atoms with van der Waals surface area (Å²) in [4.78, 5) is 25.0. The molecule has 4 nitrogen and oxygen atoms in total. The van der Waals surface area contributed by atoms with Gasteiger partial charge in [0.25, 0.3) is 5.91 Å². The Balaban J connectivity index is 2.31. The van der Waals surface area contributed by atoms with Crippen LogP contribution in [-0.4, -0.2) is 34.5 Å². The molecule has 1 aromatic rings. The number of carboxylic acid groups (broad SMARTS) is 1. The van der Waals surface area contributed by atoms with E-state index in [1.165, 1.54) is 23.1 Å². The predicted molar refractivity (Wildman–Crippen MR) is 72.7 cm³/mol. The average Bonchev–Trinajstić information content (AvgIpc) is 2.68. The van der Waals surface area contributed by atoms with E-state index >= 15 is 0 Å². The van der Waals surface area contributed by atoms with Crippen LogP contribution in [0.3, 0.4) is 0 Å². The van der Waals surface area contributed by atoms with Crippen molar-refractivity contribution in [1.82, 2.24) is 4.90 Å². The van der Waals surface area contributed by atoms with E-state index in [0.29, 0.717) is 28.6 Å². The molecule has 1 saturated heterocycles. The van der Waals surface area contributed by atoms with Crippen LogP contribution in [0.5, 0.6) is 0 Å². The largest absolute Gasteiger partial charge is 0.480 e. The van der Waals surface area contributed by atoms with Crippen molar-refractivity contribution < 1.29 is 14.7 Å². The number of benzene rings is 1. The van der Waals surface area contributed by atoms with Crippen LogP contribution in [0.25, 0.3) is 0 Å². The standard InChI is InChI=1S/C13H13Cl2NO3/c1-7-2-3-16(11(7)13(18)19)12(17)8-4-9(14)6-10(15)5-8/h4-7,11H,2-3H2,1H3,(H,18,19). The van der Waals surface area contributed by atoms with E-state index < -0.39 is 12.0 Å². The summed E-state index contributed by atoms with van der Waals surface area (Å²) in [5.74, 6) is -1.39. The molecule has 2 rings (SSSR count). The first kappa shape index (κ1) is 14.2. The molecule has 0 aromatic heterocycles. The zero-order chi connectivity index (χ0) is 14.2. The zero-order valence-corrected chi connectivity index (χ0v) is 11.8. The lowest BCUT2D eigenvalue weighted by Crippen LogP contribution is -2.42. The molecule has 6 heteroatoms. The molecular weight excluding hydrogens is 289 g/mol. The lowest BCUT2D eigenvalue weighted by atomic mass is 10.0. The summed E-state index contributed by atoms with van der Waals surface area (Å²) in [5.41, 5.74) is 0.317. The fourth-order valence-corrected chi connectivity index (χ4v) is 2.92. The molecule has 1 aliphatic rings. The minimum absolute atomic E-state index is 0.0592. The maximum atomic E-state index is 12.4. The molecule has 0 saturated carbocycles. The lowest BCUT2D eigenvalue weighted by molar-refractivity contribution is -0.142. The first-order valence-corrected chi connectivity index (χ1v) is 6.65. The normalized spacial score (nSPS) is 22.6. The highest BCUT2D eigenvalue weighted by molar-refractivity contribution is 6.35. The minimum atomic E-state index is -0.980. The summed E-state index contributed by atoms with van der Waals surface area (Å²) in [6, 6.07) is 3.74. The maximum Gasteiger partial charge on any atom is 0.326 e. The van der Waals surface area contributed by atoms with Crippen molar-refractivity contribution in [2.75, 3.05) is 6.54 Å². The summed E-state index contributed by atoms with van der Waals surface area (Å²) in [6.45, 7) is 2.26. The molecule has 1 fully saturated rings. The Morgan fingerprint density at radius 1 is 1.26 bits per heavy atom. The number of hydrogen-bond acceptors (Lipinski definition) is 2. The van der Waals surface area contributed by atoms with Gasteiger partial charge in [0.05, 0.1) is 0 Å². The molecule has 19 heavy (non-hydrogen) atoms. The Hall–Kier alpha value is -1.26. The van der Waals surface area contributed by atoms with Gasteiger partial charge in [-0.2, -0.15) is 0 Å². The highest BCUT2D eigenvalue weighted by atomic mass is 35.5. The number of nitrogens with zero attached hydrogens (tertiary/aromatic N) is 1. The van der Waals surface area contributed by atoms with Crippen LogP contribution in [-0.2, 0) is 4.79 Å². The van der Waals surface area contributed by atoms with Gasteiger partial charge in [-0.3, -0.25) is 4.79 Å². The van der Waals surface area contributed by atoms with Gasteiger partial charge in [-0.25, -0.2) is 4.79 Å². The number of hydrogen-bond donors (Lipinski definition) is 1. The third kappa shape index (κ3) is 2.85. The Kier molecular flexibility index (Phi) is 4.02. The molecule has 1 aliphatic heterocycles. The van der Waals surface area contributed by atoms with E-state index in [1.54, 1.807) is 0 Å². The van der Waals surface area contributed by atoms with Gasteiger partial charge >= 0.3 is 5.97 Å². The van der Waals surface area contributed by atoms with Crippen molar-refractivity contribution >= 4 is 35.1 Å². The van der Waals surface area contributed by atoms with Crippen LogP contribution in [0, 0.1) is 5.92 Å². The number of rotatable bonds is 2. The lowest BCUT2D eigenvalue weighted by Gasteiger charge is -2.23. The Bertz CT molecular complexity index is 512. The molecule has 1 heterocycles. The second-order valence-corrected chi connectivity index (χ2v) is 5.58. The van der Waals surface area contributed by atoms with Gasteiger partial charge in [0.15, 0.2) is 0 Å². The molecule has 2 unspecified atom stereocenters. The van der Waals surface area contributed by atoms with Gasteiger partial charge in [-0.05, 0) is 30.5 Å². The highest BCUT2D eigenvalue weighted by Crippen LogP contribution is 2.27. The van der Waals surface area contributed by atoms with E-state index in [4.69, 9.17) is 23.2 Å². The molecule has 1 N–H and O–H groups in total. The van der Waals surface area contributed by atoms with Crippen LogP contribution in [0.2, 0.25) is 10.0 Å². The zero-order valence-electron chi connectivity index (χ0n) is 10.3. The summed E-state index contributed by atoms with van der Waals surface area (Å²) >= 11 is 11.7. The number of amides is 1. The fourth-order valence-electron chi connectivity index (χ4n) is 2.39. The van der Waals surface area contributed by atoms with Crippen molar-refractivity contribution in [2.45, 2.75) is 19.4 Å². The van der Waals surface area contributed by atoms with E-state index in [9.17, 15) is 14.7 Å². The van der Waals surface area contributed by atoms with E-state index in [0.717, 1.165) is 0 Å². The molecule has 102 valence electrons. The van der Waals surface area contributed by atoms with Crippen molar-refractivity contribution in [3.8, 4) is 0 Å². The first-order valence-electron chi connectivity index (χ1n) is 5.90. The number of likely N-dealkylation sites (tertiary alicyclic amines) is 1. The topological polar surface area (TPSA) is 57.6 Å². The molecule has 0 bridgehead atoms. The van der Waals surface area contributed by atoms with Crippen molar-refractivity contribution in [1.29, 1.82) is 0 Å². The van der Waals surface area contributed by atoms with Crippen LogP contribution >= 0.6 is 23.2 Å². The van der Waals surface area contributed by atoms with Crippen LogP contribution in [0.4, 0.5) is 0 Å². The van der Waals surface area contributed by atoms with Crippen molar-refractivity contribution in [2.24, 2.45) is 5.92 Å². The molecule has 0 spiro atoms. The summed E-state index contributed by atoms with van der Waals surface area (Å²) in [7, 11) is 0. The summed E-state index contributed by atoms with van der Waals surface area (Å²) in [5, 5.41) is 9.93. The number of carbonyl (C=O) groups is 2. The van der Waals surface area contributed by atoms with Gasteiger partial charge in [0.1, 0.15) is 6.04 Å². The molecule has 0 radical (unpaired) electrons. The number of aliphatic carboxylic acids is 1. The Morgan fingerprint density at radius 3 is 2.37 bits per heavy atom. The van der Waals surface area contributed by atoms with Crippen molar-refractivity contribution in [3.05, 3.63) is 33.8 Å². The minimum Gasteiger partial charge on any atom is -0.480 e. The maximum absolute atomic E-state index is 12.4. The monoisotopic (exact) mass is 301 g/mol. The quantitative estimate of drug-likeness (QED) is 0.914. The fraction of sp³-hybridized carbons (Fsp3) is 0.385. The van der Waals surface area contributed by atoms with Crippen LogP contribution in [0.1, 0.15) is 23.7 Å². The van der Waals surface area contributed by atoms with E-state index in [2.05, 4.69) is 0 Å². The molecule has 0 aliphatic carbocycles. The molecule has 2 atom stereocenters. The molecular formula is C13H13Cl2NO3. The van der Waals surface area contributed by atoms with Crippen molar-refractivity contribution in [3.63, 3.8) is 0 Å². The highest BCUT2D eigenvalue weighted by Gasteiger charge is 2.39. The SMILES string of the molecule is CC1CCN(C(=O)c2cc(Cl)cc(Cl)c2)C1C(=O)O. The number of halogens is 2. The predicted octanol–water partition coefficient (Wildman–Crippen LogP) is 2.93. The van der Waals surface area contributed by atoms with Gasteiger partial charge < -0.3 is 10.0 Å². The van der Waals surface area contributed by atoms with Crippen LogP contribution in [0.15, 0.2) is 18.2 Å². The number of carboxylic acids is 1. The third-order valence-electron chi connectivity index (χ3n) is 3.32. The summed E-state index contributed by atoms with van der Waals surface area (Å²) < 4.78 is 0. The third-order valence-corrected chi connectivity index (χ3v) is 3.76. The van der Waals surface area contributed by atoms with Gasteiger partial charge in [0.2, 0.25) is 0 Å². The second kappa shape index (κ2) is 5.39. The molecule has 1 aromatic carbocycles.